The Balaban J connectivity index is 3.33. The highest BCUT2D eigenvalue weighted by Crippen LogP contribution is 2.00. The topological polar surface area (TPSA) is 32.3 Å². The van der Waals surface area contributed by atoms with Crippen LogP contribution in [0, 0.1) is 0 Å². The van der Waals surface area contributed by atoms with Crippen LogP contribution in [-0.4, -0.2) is 23.8 Å². The Kier molecular flexibility index (Phi) is 7.51. The zero-order chi connectivity index (χ0) is 9.40. The van der Waals surface area contributed by atoms with Crippen LogP contribution in [0.3, 0.4) is 0 Å². The van der Waals surface area contributed by atoms with Crippen molar-refractivity contribution in [3.05, 3.63) is 0 Å². The fourth-order valence-electron chi connectivity index (χ4n) is 1.48. The Morgan fingerprint density at radius 1 is 1.17 bits per heavy atom. The quantitative estimate of drug-likeness (QED) is 0.616. The molecule has 2 N–H and O–H groups in total. The van der Waals surface area contributed by atoms with Gasteiger partial charge in [0.2, 0.25) is 0 Å². The second-order valence-electron chi connectivity index (χ2n) is 3.62. The molecule has 0 fully saturated rings. The van der Waals surface area contributed by atoms with Gasteiger partial charge in [0.25, 0.3) is 0 Å². The van der Waals surface area contributed by atoms with Crippen molar-refractivity contribution in [1.29, 1.82) is 0 Å². The maximum absolute atomic E-state index is 8.62. The second-order valence-corrected chi connectivity index (χ2v) is 3.62. The van der Waals surface area contributed by atoms with Gasteiger partial charge in [-0.1, -0.05) is 13.3 Å². The number of hydrogen-bond acceptors (Lipinski definition) is 2. The number of rotatable bonds is 7. The monoisotopic (exact) mass is 173 g/mol. The van der Waals surface area contributed by atoms with E-state index in [1.807, 2.05) is 0 Å². The highest BCUT2D eigenvalue weighted by atomic mass is 16.2. The summed E-state index contributed by atoms with van der Waals surface area (Å²) in [5, 5.41) is 12.1. The predicted octanol–water partition coefficient (Wildman–Crippen LogP) is 1.93. The fraction of sp³-hybridized carbons (Fsp3) is 1.00. The van der Waals surface area contributed by atoms with Crippen LogP contribution in [0.25, 0.3) is 0 Å². The smallest absolute Gasteiger partial charge is 0.0431 e. The van der Waals surface area contributed by atoms with Crippen LogP contribution in [0.4, 0.5) is 0 Å². The van der Waals surface area contributed by atoms with E-state index in [9.17, 15) is 0 Å². The van der Waals surface area contributed by atoms with E-state index >= 15 is 0 Å². The SMILES string of the molecule is CCCC(C)NC(C)CCCO. The maximum atomic E-state index is 8.62. The Morgan fingerprint density at radius 2 is 1.75 bits per heavy atom. The second kappa shape index (κ2) is 7.56. The average molecular weight is 173 g/mol. The molecule has 0 aromatic rings. The third-order valence-corrected chi connectivity index (χ3v) is 2.09. The molecule has 2 unspecified atom stereocenters. The van der Waals surface area contributed by atoms with Gasteiger partial charge in [-0.3, -0.25) is 0 Å². The van der Waals surface area contributed by atoms with Gasteiger partial charge in [0.1, 0.15) is 0 Å². The van der Waals surface area contributed by atoms with Crippen LogP contribution in [0.2, 0.25) is 0 Å². The lowest BCUT2D eigenvalue weighted by Crippen LogP contribution is -2.34. The maximum Gasteiger partial charge on any atom is 0.0431 e. The number of hydrogen-bond donors (Lipinski definition) is 2. The van der Waals surface area contributed by atoms with Gasteiger partial charge >= 0.3 is 0 Å². The average Bonchev–Trinajstić information content (AvgIpc) is 2.01. The van der Waals surface area contributed by atoms with Gasteiger partial charge in [-0.2, -0.15) is 0 Å². The van der Waals surface area contributed by atoms with E-state index < -0.39 is 0 Å². The zero-order valence-corrected chi connectivity index (χ0v) is 8.64. The van der Waals surface area contributed by atoms with Gasteiger partial charge in [0, 0.05) is 18.7 Å². The molecule has 0 saturated carbocycles. The van der Waals surface area contributed by atoms with Gasteiger partial charge < -0.3 is 10.4 Å². The summed E-state index contributed by atoms with van der Waals surface area (Å²) in [4.78, 5) is 0. The first-order valence-electron chi connectivity index (χ1n) is 5.07. The lowest BCUT2D eigenvalue weighted by Gasteiger charge is -2.18. The van der Waals surface area contributed by atoms with Gasteiger partial charge in [-0.15, -0.1) is 0 Å². The molecule has 0 rings (SSSR count). The molecule has 0 radical (unpaired) electrons. The third kappa shape index (κ3) is 6.62. The molecule has 0 spiro atoms. The molecule has 0 aromatic carbocycles. The van der Waals surface area contributed by atoms with E-state index in [4.69, 9.17) is 5.11 Å². The van der Waals surface area contributed by atoms with E-state index in [0.29, 0.717) is 18.7 Å². The van der Waals surface area contributed by atoms with Crippen molar-refractivity contribution in [3.8, 4) is 0 Å². The lowest BCUT2D eigenvalue weighted by molar-refractivity contribution is 0.273. The molecule has 0 aliphatic rings. The molecule has 74 valence electrons. The summed E-state index contributed by atoms with van der Waals surface area (Å²) in [7, 11) is 0. The molecule has 2 nitrogen and oxygen atoms in total. The summed E-state index contributed by atoms with van der Waals surface area (Å²) in [5.41, 5.74) is 0. The van der Waals surface area contributed by atoms with Crippen LogP contribution in [0.5, 0.6) is 0 Å². The molecule has 0 bridgehead atoms. The largest absolute Gasteiger partial charge is 0.396 e. The minimum atomic E-state index is 0.314. The summed E-state index contributed by atoms with van der Waals surface area (Å²) in [6.07, 6.45) is 4.46. The first kappa shape index (κ1) is 11.9. The zero-order valence-electron chi connectivity index (χ0n) is 8.64. The van der Waals surface area contributed by atoms with Crippen LogP contribution >= 0.6 is 0 Å². The van der Waals surface area contributed by atoms with Gasteiger partial charge in [0.05, 0.1) is 0 Å². The molecule has 2 atom stereocenters. The molecule has 0 aliphatic heterocycles. The third-order valence-electron chi connectivity index (χ3n) is 2.09. The molecule has 2 heteroatoms. The summed E-state index contributed by atoms with van der Waals surface area (Å²) in [5.74, 6) is 0. The van der Waals surface area contributed by atoms with Gasteiger partial charge in [-0.25, -0.2) is 0 Å². The Morgan fingerprint density at radius 3 is 2.25 bits per heavy atom. The number of aliphatic hydroxyl groups excluding tert-OH is 1. The molecule has 0 saturated heterocycles. The van der Waals surface area contributed by atoms with Crippen molar-refractivity contribution in [3.63, 3.8) is 0 Å². The predicted molar refractivity (Wildman–Crippen MR) is 53.3 cm³/mol. The fourth-order valence-corrected chi connectivity index (χ4v) is 1.48. The van der Waals surface area contributed by atoms with E-state index in [1.165, 1.54) is 12.8 Å². The molecule has 0 aromatic heterocycles. The minimum Gasteiger partial charge on any atom is -0.396 e. The summed E-state index contributed by atoms with van der Waals surface area (Å²) >= 11 is 0. The van der Waals surface area contributed by atoms with Crippen molar-refractivity contribution >= 4 is 0 Å². The van der Waals surface area contributed by atoms with Crippen LogP contribution in [0.15, 0.2) is 0 Å². The van der Waals surface area contributed by atoms with E-state index in [0.717, 1.165) is 12.8 Å². The molecule has 0 amide bonds. The van der Waals surface area contributed by atoms with Crippen LogP contribution < -0.4 is 5.32 Å². The van der Waals surface area contributed by atoms with Crippen molar-refractivity contribution in [2.45, 2.75) is 58.5 Å². The van der Waals surface area contributed by atoms with Crippen LogP contribution in [0.1, 0.15) is 46.5 Å². The standard InChI is InChI=1S/C10H23NO/c1-4-6-9(2)11-10(3)7-5-8-12/h9-12H,4-8H2,1-3H3. The van der Waals surface area contributed by atoms with Gasteiger partial charge in [0.15, 0.2) is 0 Å². The summed E-state index contributed by atoms with van der Waals surface area (Å²) in [6, 6.07) is 1.15. The Hall–Kier alpha value is -0.0800. The number of aliphatic hydroxyl groups is 1. The van der Waals surface area contributed by atoms with Crippen molar-refractivity contribution in [2.75, 3.05) is 6.61 Å². The molecule has 0 aliphatic carbocycles. The van der Waals surface area contributed by atoms with Crippen molar-refractivity contribution in [2.24, 2.45) is 0 Å². The van der Waals surface area contributed by atoms with E-state index in [-0.39, 0.29) is 0 Å². The summed E-state index contributed by atoms with van der Waals surface area (Å²) < 4.78 is 0. The lowest BCUT2D eigenvalue weighted by atomic mass is 10.1. The molecule has 12 heavy (non-hydrogen) atoms. The normalized spacial score (nSPS) is 16.0. The first-order valence-corrected chi connectivity index (χ1v) is 5.07. The Labute approximate surface area is 76.4 Å². The number of nitrogens with one attached hydrogen (secondary N) is 1. The first-order chi connectivity index (χ1) is 5.70. The van der Waals surface area contributed by atoms with Gasteiger partial charge in [-0.05, 0) is 33.1 Å². The molecular weight excluding hydrogens is 150 g/mol. The van der Waals surface area contributed by atoms with Crippen molar-refractivity contribution in [1.82, 2.24) is 5.32 Å². The Bertz CT molecular complexity index is 95.8. The molecular formula is C10H23NO. The van der Waals surface area contributed by atoms with Crippen LogP contribution in [-0.2, 0) is 0 Å². The van der Waals surface area contributed by atoms with E-state index in [2.05, 4.69) is 26.1 Å². The van der Waals surface area contributed by atoms with E-state index in [1.54, 1.807) is 0 Å². The summed E-state index contributed by atoms with van der Waals surface area (Å²) in [6.45, 7) is 6.92. The van der Waals surface area contributed by atoms with Crippen molar-refractivity contribution < 1.29 is 5.11 Å². The highest BCUT2D eigenvalue weighted by molar-refractivity contribution is 4.66. The minimum absolute atomic E-state index is 0.314. The molecule has 0 heterocycles. The highest BCUT2D eigenvalue weighted by Gasteiger charge is 2.05.